The van der Waals surface area contributed by atoms with Gasteiger partial charge in [0, 0.05) is 37.1 Å². The molecule has 152 valence electrons. The van der Waals surface area contributed by atoms with E-state index in [1.54, 1.807) is 11.3 Å². The highest BCUT2D eigenvalue weighted by atomic mass is 32.1. The summed E-state index contributed by atoms with van der Waals surface area (Å²) in [6.45, 7) is 10.3. The minimum Gasteiger partial charge on any atom is -0.357 e. The zero-order valence-corrected chi connectivity index (χ0v) is 18.1. The van der Waals surface area contributed by atoms with Gasteiger partial charge in [0.15, 0.2) is 5.96 Å². The Bertz CT molecular complexity index is 734. The smallest absolute Gasteiger partial charge is 0.191 e. The summed E-state index contributed by atoms with van der Waals surface area (Å²) in [4.78, 5) is 11.9. The van der Waals surface area contributed by atoms with Crippen molar-refractivity contribution in [3.63, 3.8) is 0 Å². The maximum absolute atomic E-state index is 4.75. The molecule has 2 heterocycles. The van der Waals surface area contributed by atoms with Gasteiger partial charge >= 0.3 is 0 Å². The molecule has 2 N–H and O–H groups in total. The van der Waals surface area contributed by atoms with Gasteiger partial charge < -0.3 is 10.6 Å². The molecule has 1 aliphatic rings. The molecule has 2 aromatic rings. The van der Waals surface area contributed by atoms with E-state index in [0.717, 1.165) is 50.6 Å². The molecule has 0 spiro atoms. The third kappa shape index (κ3) is 5.79. The lowest BCUT2D eigenvalue weighted by atomic mass is 10.0. The van der Waals surface area contributed by atoms with Crippen molar-refractivity contribution in [2.45, 2.75) is 58.7 Å². The summed E-state index contributed by atoms with van der Waals surface area (Å²) in [5.41, 5.74) is 2.46. The second kappa shape index (κ2) is 10.6. The van der Waals surface area contributed by atoms with Crippen LogP contribution in [0.25, 0.3) is 0 Å². The number of aromatic nitrogens is 1. The van der Waals surface area contributed by atoms with E-state index in [1.807, 2.05) is 0 Å². The topological polar surface area (TPSA) is 52.6 Å². The summed E-state index contributed by atoms with van der Waals surface area (Å²) in [6.07, 6.45) is 3.27. The molecular formula is C22H33N5S. The first kappa shape index (κ1) is 20.8. The Morgan fingerprint density at radius 2 is 2.00 bits per heavy atom. The summed E-state index contributed by atoms with van der Waals surface area (Å²) < 4.78 is 0. The van der Waals surface area contributed by atoms with Crippen molar-refractivity contribution >= 4 is 17.3 Å². The van der Waals surface area contributed by atoms with E-state index in [1.165, 1.54) is 10.6 Å². The fourth-order valence-electron chi connectivity index (χ4n) is 3.63. The molecule has 1 aliphatic heterocycles. The molecule has 6 heteroatoms. The SMILES string of the molecule is CCNC(=NCc1csc(CC)n1)NC1CCN(C(C)c2ccccc2)CC1. The normalized spacial score (nSPS) is 17.5. The van der Waals surface area contributed by atoms with Crippen LogP contribution in [-0.2, 0) is 13.0 Å². The second-order valence-corrected chi connectivity index (χ2v) is 8.27. The summed E-state index contributed by atoms with van der Waals surface area (Å²) in [6, 6.07) is 11.7. The quantitative estimate of drug-likeness (QED) is 0.546. The van der Waals surface area contributed by atoms with Gasteiger partial charge in [-0.2, -0.15) is 0 Å². The van der Waals surface area contributed by atoms with Crippen molar-refractivity contribution in [3.8, 4) is 0 Å². The zero-order chi connectivity index (χ0) is 19.8. The molecule has 0 bridgehead atoms. The molecule has 0 aliphatic carbocycles. The molecule has 5 nitrogen and oxygen atoms in total. The standard InChI is InChI=1S/C22H33N5S/c1-4-21-25-20(16-28-21)15-24-22(23-5-2)26-19-11-13-27(14-12-19)17(3)18-9-7-6-8-10-18/h6-10,16-17,19H,4-5,11-15H2,1-3H3,(H2,23,24,26). The van der Waals surface area contributed by atoms with Gasteiger partial charge in [-0.05, 0) is 38.7 Å². The Balaban J connectivity index is 1.51. The fraction of sp³-hybridized carbons (Fsp3) is 0.545. The third-order valence-corrected chi connectivity index (χ3v) is 6.39. The molecule has 0 radical (unpaired) electrons. The van der Waals surface area contributed by atoms with Crippen LogP contribution in [0.3, 0.4) is 0 Å². The number of rotatable bonds is 7. The van der Waals surface area contributed by atoms with Crippen molar-refractivity contribution in [2.24, 2.45) is 4.99 Å². The third-order valence-electron chi connectivity index (χ3n) is 5.35. The minimum absolute atomic E-state index is 0.471. The Morgan fingerprint density at radius 3 is 2.64 bits per heavy atom. The first-order valence-electron chi connectivity index (χ1n) is 10.5. The van der Waals surface area contributed by atoms with Crippen LogP contribution in [0, 0.1) is 0 Å². The predicted molar refractivity (Wildman–Crippen MR) is 119 cm³/mol. The largest absolute Gasteiger partial charge is 0.357 e. The summed E-state index contributed by atoms with van der Waals surface area (Å²) in [5.74, 6) is 0.906. The van der Waals surface area contributed by atoms with Crippen LogP contribution in [-0.4, -0.2) is 41.5 Å². The van der Waals surface area contributed by atoms with E-state index in [2.05, 4.69) is 77.0 Å². The number of hydrogen-bond acceptors (Lipinski definition) is 4. The van der Waals surface area contributed by atoms with Gasteiger partial charge in [0.05, 0.1) is 17.2 Å². The summed E-state index contributed by atoms with van der Waals surface area (Å²) in [7, 11) is 0. The molecule has 1 unspecified atom stereocenters. The molecule has 28 heavy (non-hydrogen) atoms. The Morgan fingerprint density at radius 1 is 1.25 bits per heavy atom. The number of aryl methyl sites for hydroxylation is 1. The average Bonchev–Trinajstić information content (AvgIpc) is 3.21. The maximum Gasteiger partial charge on any atom is 0.191 e. The van der Waals surface area contributed by atoms with Gasteiger partial charge in [0.1, 0.15) is 0 Å². The van der Waals surface area contributed by atoms with Crippen LogP contribution in [0.2, 0.25) is 0 Å². The van der Waals surface area contributed by atoms with Gasteiger partial charge in [-0.3, -0.25) is 4.90 Å². The van der Waals surface area contributed by atoms with Crippen LogP contribution in [0.5, 0.6) is 0 Å². The molecule has 1 saturated heterocycles. The van der Waals surface area contributed by atoms with Gasteiger partial charge in [0.25, 0.3) is 0 Å². The lowest BCUT2D eigenvalue weighted by Crippen LogP contribution is -2.49. The first-order chi connectivity index (χ1) is 13.7. The number of nitrogens with one attached hydrogen (secondary N) is 2. The molecular weight excluding hydrogens is 366 g/mol. The number of benzene rings is 1. The van der Waals surface area contributed by atoms with Crippen molar-refractivity contribution in [3.05, 3.63) is 52.0 Å². The zero-order valence-electron chi connectivity index (χ0n) is 17.3. The number of piperidine rings is 1. The van der Waals surface area contributed by atoms with Gasteiger partial charge in [-0.15, -0.1) is 11.3 Å². The lowest BCUT2D eigenvalue weighted by Gasteiger charge is -2.37. The van der Waals surface area contributed by atoms with Crippen LogP contribution >= 0.6 is 11.3 Å². The predicted octanol–water partition coefficient (Wildman–Crippen LogP) is 3.99. The van der Waals surface area contributed by atoms with Crippen molar-refractivity contribution in [1.82, 2.24) is 20.5 Å². The monoisotopic (exact) mass is 399 g/mol. The highest BCUT2D eigenvalue weighted by Gasteiger charge is 2.24. The fourth-order valence-corrected chi connectivity index (χ4v) is 4.37. The molecule has 1 aromatic heterocycles. The highest BCUT2D eigenvalue weighted by molar-refractivity contribution is 7.09. The van der Waals surface area contributed by atoms with E-state index in [4.69, 9.17) is 4.99 Å². The maximum atomic E-state index is 4.75. The molecule has 3 rings (SSSR count). The van der Waals surface area contributed by atoms with Gasteiger partial charge in [-0.25, -0.2) is 9.98 Å². The van der Waals surface area contributed by atoms with Crippen LogP contribution in [0.4, 0.5) is 0 Å². The van der Waals surface area contributed by atoms with Crippen molar-refractivity contribution in [1.29, 1.82) is 0 Å². The van der Waals surface area contributed by atoms with E-state index >= 15 is 0 Å². The van der Waals surface area contributed by atoms with Crippen LogP contribution in [0.15, 0.2) is 40.7 Å². The molecule has 0 amide bonds. The summed E-state index contributed by atoms with van der Waals surface area (Å²) >= 11 is 1.72. The molecule has 1 aromatic carbocycles. The van der Waals surface area contributed by atoms with Gasteiger partial charge in [0.2, 0.25) is 0 Å². The van der Waals surface area contributed by atoms with Crippen LogP contribution < -0.4 is 10.6 Å². The number of guanidine groups is 1. The minimum atomic E-state index is 0.471. The van der Waals surface area contributed by atoms with Crippen LogP contribution in [0.1, 0.15) is 55.9 Å². The van der Waals surface area contributed by atoms with E-state index in [-0.39, 0.29) is 0 Å². The average molecular weight is 400 g/mol. The Hall–Kier alpha value is -1.92. The number of hydrogen-bond donors (Lipinski definition) is 2. The Labute approximate surface area is 173 Å². The second-order valence-electron chi connectivity index (χ2n) is 7.32. The van der Waals surface area contributed by atoms with Crippen molar-refractivity contribution in [2.75, 3.05) is 19.6 Å². The van der Waals surface area contributed by atoms with Crippen molar-refractivity contribution < 1.29 is 0 Å². The number of likely N-dealkylation sites (tertiary alicyclic amines) is 1. The molecule has 1 fully saturated rings. The Kier molecular flexibility index (Phi) is 7.86. The molecule has 0 saturated carbocycles. The number of thiazole rings is 1. The number of aliphatic imine (C=N–C) groups is 1. The van der Waals surface area contributed by atoms with E-state index in [9.17, 15) is 0 Å². The lowest BCUT2D eigenvalue weighted by molar-refractivity contribution is 0.158. The number of nitrogens with zero attached hydrogens (tertiary/aromatic N) is 3. The van der Waals surface area contributed by atoms with E-state index in [0.29, 0.717) is 18.6 Å². The first-order valence-corrected chi connectivity index (χ1v) is 11.3. The molecule has 1 atom stereocenters. The highest BCUT2D eigenvalue weighted by Crippen LogP contribution is 2.24. The van der Waals surface area contributed by atoms with Gasteiger partial charge in [-0.1, -0.05) is 37.3 Å². The van der Waals surface area contributed by atoms with E-state index < -0.39 is 0 Å². The summed E-state index contributed by atoms with van der Waals surface area (Å²) in [5, 5.41) is 10.3.